The van der Waals surface area contributed by atoms with Gasteiger partial charge in [-0.3, -0.25) is 0 Å². The van der Waals surface area contributed by atoms with Crippen LogP contribution < -0.4 is 22.0 Å². The number of rotatable bonds is 4. The van der Waals surface area contributed by atoms with Crippen molar-refractivity contribution in [1.82, 2.24) is 0 Å². The molecular formula is C34H26O4P2. The summed E-state index contributed by atoms with van der Waals surface area (Å²) in [5.74, 6) is 3.12. The highest BCUT2D eigenvalue weighted by Gasteiger charge is 2.23. The molecule has 0 radical (unpaired) electrons. The van der Waals surface area contributed by atoms with Gasteiger partial charge in [0.15, 0.2) is 0 Å². The first kappa shape index (κ1) is 24.9. The smallest absolute Gasteiger partial charge is 0.134 e. The lowest BCUT2D eigenvalue weighted by Crippen LogP contribution is -2.10. The van der Waals surface area contributed by atoms with Gasteiger partial charge in [0.1, 0.15) is 45.0 Å². The van der Waals surface area contributed by atoms with Crippen LogP contribution in [0.15, 0.2) is 127 Å². The maximum absolute atomic E-state index is 6.36. The topological polar surface area (TPSA) is 52.6 Å². The van der Waals surface area contributed by atoms with Crippen molar-refractivity contribution in [3.8, 4) is 0 Å². The highest BCUT2D eigenvalue weighted by molar-refractivity contribution is 7.71. The van der Waals surface area contributed by atoms with Gasteiger partial charge in [-0.25, -0.2) is 0 Å². The lowest BCUT2D eigenvalue weighted by Gasteiger charge is -2.13. The summed E-state index contributed by atoms with van der Waals surface area (Å²) in [6.45, 7) is 0. The van der Waals surface area contributed by atoms with Gasteiger partial charge in [-0.15, -0.1) is 0 Å². The van der Waals surface area contributed by atoms with Crippen LogP contribution in [0.4, 0.5) is 0 Å². The fourth-order valence-electron chi connectivity index (χ4n) is 4.70. The van der Waals surface area contributed by atoms with Crippen molar-refractivity contribution in [2.75, 3.05) is 0 Å². The second kappa shape index (κ2) is 11.2. The zero-order valence-corrected chi connectivity index (χ0v) is 23.4. The molecule has 196 valence electrons. The van der Waals surface area contributed by atoms with E-state index in [1.54, 1.807) is 0 Å². The Kier molecular flexibility index (Phi) is 6.96. The summed E-state index contributed by atoms with van der Waals surface area (Å²) in [5.41, 5.74) is 6.18. The van der Waals surface area contributed by atoms with E-state index in [9.17, 15) is 0 Å². The van der Waals surface area contributed by atoms with Crippen LogP contribution in [0.1, 0.15) is 34.2 Å². The Labute approximate surface area is 235 Å². The molecule has 4 nitrogen and oxygen atoms in total. The van der Waals surface area contributed by atoms with Crippen molar-refractivity contribution in [3.63, 3.8) is 0 Å². The predicted octanol–water partition coefficient (Wildman–Crippen LogP) is 7.98. The summed E-state index contributed by atoms with van der Waals surface area (Å²) >= 11 is 0. The largest absolute Gasteiger partial charge is 0.457 e. The summed E-state index contributed by atoms with van der Waals surface area (Å²) in [7, 11) is -1.74. The van der Waals surface area contributed by atoms with Crippen molar-refractivity contribution in [3.05, 3.63) is 143 Å². The summed E-state index contributed by atoms with van der Waals surface area (Å²) < 4.78 is 25.4. The van der Waals surface area contributed by atoms with E-state index >= 15 is 0 Å². The minimum atomic E-state index is -0.869. The molecular weight excluding hydrogens is 534 g/mol. The molecule has 6 aromatic rings. The average Bonchev–Trinajstić information content (AvgIpc) is 3.81. The second-order valence-electron chi connectivity index (χ2n) is 9.51. The molecule has 4 aromatic heterocycles. The maximum Gasteiger partial charge on any atom is 0.134 e. The monoisotopic (exact) mass is 560 g/mol. The fraction of sp³-hybridized carbons (Fsp3) is 0.0588. The van der Waals surface area contributed by atoms with Gasteiger partial charge >= 0.3 is 0 Å². The van der Waals surface area contributed by atoms with Gasteiger partial charge in [0.2, 0.25) is 0 Å². The first-order valence-electron chi connectivity index (χ1n) is 13.2. The molecule has 0 atom stereocenters. The third-order valence-corrected chi connectivity index (χ3v) is 11.2. The van der Waals surface area contributed by atoms with E-state index in [1.165, 1.54) is 11.1 Å². The molecule has 40 heavy (non-hydrogen) atoms. The van der Waals surface area contributed by atoms with E-state index < -0.39 is 15.8 Å². The molecule has 0 unspecified atom stereocenters. The molecule has 0 fully saturated rings. The van der Waals surface area contributed by atoms with Gasteiger partial charge in [-0.2, -0.15) is 0 Å². The van der Waals surface area contributed by atoms with Crippen LogP contribution in [0.25, 0.3) is 24.3 Å². The summed E-state index contributed by atoms with van der Waals surface area (Å²) in [6.07, 6.45) is 9.52. The van der Waals surface area contributed by atoms with Crippen molar-refractivity contribution in [1.29, 1.82) is 0 Å². The number of benzene rings is 2. The van der Waals surface area contributed by atoms with Crippen LogP contribution in [0, 0.1) is 0 Å². The summed E-state index contributed by atoms with van der Waals surface area (Å²) in [4.78, 5) is 0. The molecule has 0 saturated heterocycles. The number of hydrogen-bond donors (Lipinski definition) is 0. The van der Waals surface area contributed by atoms with Crippen LogP contribution >= 0.6 is 15.8 Å². The molecule has 7 rings (SSSR count). The number of hydrogen-bond acceptors (Lipinski definition) is 4. The Morgan fingerprint density at radius 1 is 0.350 bits per heavy atom. The lowest BCUT2D eigenvalue weighted by atomic mass is 10.2. The minimum absolute atomic E-state index is 0.781. The SMILES string of the molecule is C1=C/c2ccc(o2)P(Cc2ccccc2)c2ccc(o2)/C=C/c2ccc(o2)P(Cc2ccccc2)c2ccc/1o2. The quantitative estimate of drug-likeness (QED) is 0.205. The number of furan rings is 4. The average molecular weight is 561 g/mol. The standard InChI is InChI=1S/C34H26O4P2/c1-3-7-25(8-4-1)23-39-31-19-15-27(35-31)11-13-29-17-21-33(37-29)40(24-26-9-5-2-6-10-26)34-22-18-30(38-34)14-12-28-16-20-32(39)36-28/h1-22H,23-24H2/b13-11+,14-12+. The summed E-state index contributed by atoms with van der Waals surface area (Å²) in [6, 6.07) is 37.3. The second-order valence-corrected chi connectivity index (χ2v) is 13.6. The third kappa shape index (κ3) is 5.47. The first-order chi connectivity index (χ1) is 19.8. The Balaban J connectivity index is 1.29. The van der Waals surface area contributed by atoms with Crippen molar-refractivity contribution in [2.24, 2.45) is 0 Å². The highest BCUT2D eigenvalue weighted by atomic mass is 31.1. The van der Waals surface area contributed by atoms with Gasteiger partial charge in [0, 0.05) is 28.2 Å². The predicted molar refractivity (Wildman–Crippen MR) is 165 cm³/mol. The van der Waals surface area contributed by atoms with E-state index in [0.29, 0.717) is 0 Å². The Hall–Kier alpha value is -4.10. The normalized spacial score (nSPS) is 18.1. The molecule has 6 heteroatoms. The van der Waals surface area contributed by atoms with Crippen molar-refractivity contribution in [2.45, 2.75) is 12.3 Å². The Bertz CT molecular complexity index is 1550. The molecule has 0 saturated carbocycles. The zero-order chi connectivity index (χ0) is 26.7. The van der Waals surface area contributed by atoms with E-state index in [-0.39, 0.29) is 0 Å². The van der Waals surface area contributed by atoms with Gasteiger partial charge in [-0.05, 0) is 84.0 Å². The first-order valence-corrected chi connectivity index (χ1v) is 16.2. The van der Waals surface area contributed by atoms with Crippen molar-refractivity contribution < 1.29 is 17.7 Å². The van der Waals surface area contributed by atoms with Gasteiger partial charge in [-0.1, -0.05) is 60.7 Å². The molecule has 2 aromatic carbocycles. The molecule has 0 N–H and O–H groups in total. The van der Waals surface area contributed by atoms with E-state index in [0.717, 1.165) is 57.4 Å². The van der Waals surface area contributed by atoms with Crippen LogP contribution in [-0.2, 0) is 12.3 Å². The van der Waals surface area contributed by atoms with Gasteiger partial charge in [0.25, 0.3) is 0 Å². The molecule has 8 bridgehead atoms. The molecule has 1 aliphatic rings. The number of fused-ring (bicyclic) bond motifs is 8. The van der Waals surface area contributed by atoms with Crippen LogP contribution in [0.5, 0.6) is 0 Å². The van der Waals surface area contributed by atoms with Crippen LogP contribution in [0.3, 0.4) is 0 Å². The highest BCUT2D eigenvalue weighted by Crippen LogP contribution is 2.41. The van der Waals surface area contributed by atoms with Gasteiger partial charge in [0.05, 0.1) is 0 Å². The van der Waals surface area contributed by atoms with E-state index in [1.807, 2.05) is 60.7 Å². The van der Waals surface area contributed by atoms with Crippen LogP contribution in [0.2, 0.25) is 0 Å². The van der Waals surface area contributed by atoms with Gasteiger partial charge < -0.3 is 17.7 Å². The van der Waals surface area contributed by atoms with E-state index in [4.69, 9.17) is 17.7 Å². The maximum atomic E-state index is 6.36. The zero-order valence-electron chi connectivity index (χ0n) is 21.6. The van der Waals surface area contributed by atoms with E-state index in [2.05, 4.69) is 72.8 Å². The summed E-state index contributed by atoms with van der Waals surface area (Å²) in [5, 5.41) is 0. The molecule has 0 spiro atoms. The lowest BCUT2D eigenvalue weighted by molar-refractivity contribution is 0.576. The molecule has 0 amide bonds. The van der Waals surface area contributed by atoms with Crippen LogP contribution in [-0.4, -0.2) is 0 Å². The van der Waals surface area contributed by atoms with Crippen molar-refractivity contribution >= 4 is 62.2 Å². The Morgan fingerprint density at radius 3 is 0.950 bits per heavy atom. The fourth-order valence-corrected chi connectivity index (χ4v) is 8.79. The Morgan fingerprint density at radius 2 is 0.650 bits per heavy atom. The molecule has 1 aliphatic heterocycles. The minimum Gasteiger partial charge on any atom is -0.457 e. The third-order valence-electron chi connectivity index (χ3n) is 6.71. The molecule has 5 heterocycles. The molecule has 0 aliphatic carbocycles.